The van der Waals surface area contributed by atoms with Gasteiger partial charge in [0.15, 0.2) is 18.1 Å². The number of nitrogens with one attached hydrogen (secondary N) is 1. The fourth-order valence-electron chi connectivity index (χ4n) is 2.56. The fourth-order valence-corrected chi connectivity index (χ4v) is 2.78. The van der Waals surface area contributed by atoms with E-state index in [0.717, 1.165) is 11.6 Å². The van der Waals surface area contributed by atoms with Gasteiger partial charge in [0.25, 0.3) is 11.6 Å². The van der Waals surface area contributed by atoms with E-state index in [1.165, 1.54) is 6.07 Å². The van der Waals surface area contributed by atoms with Crippen molar-refractivity contribution in [2.24, 2.45) is 0 Å². The van der Waals surface area contributed by atoms with Gasteiger partial charge in [-0.2, -0.15) is 0 Å². The summed E-state index contributed by atoms with van der Waals surface area (Å²) in [6.07, 6.45) is 0. The lowest BCUT2D eigenvalue weighted by atomic mass is 10.1. The van der Waals surface area contributed by atoms with E-state index in [2.05, 4.69) is 5.32 Å². The minimum absolute atomic E-state index is 0.172. The Morgan fingerprint density at radius 3 is 2.54 bits per heavy atom. The first-order valence-electron chi connectivity index (χ1n) is 8.16. The summed E-state index contributed by atoms with van der Waals surface area (Å²) < 4.78 is 15.5. The lowest BCUT2D eigenvalue weighted by molar-refractivity contribution is -0.385. The van der Waals surface area contributed by atoms with Gasteiger partial charge in [0, 0.05) is 16.8 Å². The van der Waals surface area contributed by atoms with E-state index < -0.39 is 29.1 Å². The van der Waals surface area contributed by atoms with Crippen LogP contribution in [0.4, 0.5) is 11.4 Å². The zero-order chi connectivity index (χ0) is 20.3. The Morgan fingerprint density at radius 2 is 1.89 bits per heavy atom. The molecule has 0 radical (unpaired) electrons. The van der Waals surface area contributed by atoms with Gasteiger partial charge in [0.2, 0.25) is 0 Å². The van der Waals surface area contributed by atoms with Crippen molar-refractivity contribution in [3.8, 4) is 11.5 Å². The fraction of sp³-hybridized carbons (Fsp3) is 0.222. The third-order valence-corrected chi connectivity index (χ3v) is 4.11. The largest absolute Gasteiger partial charge is 0.486 e. The van der Waals surface area contributed by atoms with Crippen LogP contribution in [0, 0.1) is 17.0 Å². The molecular formula is C18H15ClN2O7. The number of benzene rings is 2. The first-order chi connectivity index (χ1) is 13.3. The van der Waals surface area contributed by atoms with Crippen LogP contribution in [-0.2, 0) is 9.53 Å². The van der Waals surface area contributed by atoms with Crippen LogP contribution in [0.15, 0.2) is 30.3 Å². The average molecular weight is 407 g/mol. The van der Waals surface area contributed by atoms with Crippen molar-refractivity contribution in [2.45, 2.75) is 6.92 Å². The molecule has 0 saturated heterocycles. The molecule has 0 spiro atoms. The average Bonchev–Trinajstić information content (AvgIpc) is 2.67. The molecule has 0 atom stereocenters. The van der Waals surface area contributed by atoms with Crippen LogP contribution in [0.5, 0.6) is 11.5 Å². The lowest BCUT2D eigenvalue weighted by Gasteiger charge is -2.18. The third kappa shape index (κ3) is 4.32. The number of nitro benzene ring substituents is 1. The van der Waals surface area contributed by atoms with Crippen molar-refractivity contribution in [1.82, 2.24) is 0 Å². The second-order valence-corrected chi connectivity index (χ2v) is 6.29. The summed E-state index contributed by atoms with van der Waals surface area (Å²) >= 11 is 5.86. The number of nitro groups is 1. The van der Waals surface area contributed by atoms with Crippen molar-refractivity contribution in [2.75, 3.05) is 25.1 Å². The molecule has 1 aliphatic rings. The predicted octanol–water partition coefficient (Wildman–Crippen LogP) is 3.12. The summed E-state index contributed by atoms with van der Waals surface area (Å²) in [6, 6.07) is 7.16. The number of hydrogen-bond donors (Lipinski definition) is 1. The van der Waals surface area contributed by atoms with E-state index in [4.69, 9.17) is 25.8 Å². The zero-order valence-corrected chi connectivity index (χ0v) is 15.4. The van der Waals surface area contributed by atoms with E-state index in [1.807, 2.05) is 0 Å². The highest BCUT2D eigenvalue weighted by Gasteiger charge is 2.27. The van der Waals surface area contributed by atoms with Crippen LogP contribution in [0.25, 0.3) is 0 Å². The molecule has 2 aromatic rings. The van der Waals surface area contributed by atoms with Crippen molar-refractivity contribution in [3.63, 3.8) is 0 Å². The molecule has 0 unspecified atom stereocenters. The summed E-state index contributed by atoms with van der Waals surface area (Å²) in [6.45, 7) is 1.64. The van der Waals surface area contributed by atoms with Crippen LogP contribution in [-0.4, -0.2) is 36.6 Å². The quantitative estimate of drug-likeness (QED) is 0.460. The number of hydrogen-bond acceptors (Lipinski definition) is 7. The Labute approximate surface area is 164 Å². The summed E-state index contributed by atoms with van der Waals surface area (Å²) in [4.78, 5) is 34.9. The highest BCUT2D eigenvalue weighted by Crippen LogP contribution is 2.36. The Bertz CT molecular complexity index is 961. The molecule has 0 fully saturated rings. The van der Waals surface area contributed by atoms with Crippen molar-refractivity contribution >= 4 is 34.9 Å². The Kier molecular flexibility index (Phi) is 5.65. The number of halogens is 1. The molecule has 0 bridgehead atoms. The minimum Gasteiger partial charge on any atom is -0.486 e. The summed E-state index contributed by atoms with van der Waals surface area (Å²) in [5, 5.41) is 14.4. The normalized spacial score (nSPS) is 12.2. The SMILES string of the molecule is Cc1cc(Cl)ccc1NC(=O)COC(=O)c1cc2c(cc1[N+](=O)[O-])OCCO2. The van der Waals surface area contributed by atoms with Crippen LogP contribution >= 0.6 is 11.6 Å². The van der Waals surface area contributed by atoms with Gasteiger partial charge in [0.05, 0.1) is 11.0 Å². The van der Waals surface area contributed by atoms with E-state index in [-0.39, 0.29) is 30.3 Å². The first-order valence-corrected chi connectivity index (χ1v) is 8.54. The second-order valence-electron chi connectivity index (χ2n) is 5.85. The molecule has 1 heterocycles. The van der Waals surface area contributed by atoms with Crippen LogP contribution in [0.1, 0.15) is 15.9 Å². The van der Waals surface area contributed by atoms with Crippen LogP contribution in [0.3, 0.4) is 0 Å². The molecule has 1 aliphatic heterocycles. The number of esters is 1. The van der Waals surface area contributed by atoms with Gasteiger partial charge in [0.1, 0.15) is 18.8 Å². The molecule has 1 N–H and O–H groups in total. The molecule has 0 saturated carbocycles. The van der Waals surface area contributed by atoms with Gasteiger partial charge < -0.3 is 19.5 Å². The molecule has 3 rings (SSSR count). The van der Waals surface area contributed by atoms with Gasteiger partial charge >= 0.3 is 5.97 Å². The molecule has 1 amide bonds. The molecule has 28 heavy (non-hydrogen) atoms. The van der Waals surface area contributed by atoms with Gasteiger partial charge in [-0.15, -0.1) is 0 Å². The maximum absolute atomic E-state index is 12.3. The number of anilines is 1. The standard InChI is InChI=1S/C18H15ClN2O7/c1-10-6-11(19)2-3-13(10)20-17(22)9-28-18(23)12-7-15-16(27-5-4-26-15)8-14(12)21(24)25/h2-3,6-8H,4-5,9H2,1H3,(H,20,22). The van der Waals surface area contributed by atoms with Crippen molar-refractivity contribution < 1.29 is 28.7 Å². The molecule has 0 aliphatic carbocycles. The molecule has 146 valence electrons. The monoisotopic (exact) mass is 406 g/mol. The van der Waals surface area contributed by atoms with Crippen LogP contribution < -0.4 is 14.8 Å². The first kappa shape index (κ1) is 19.4. The minimum atomic E-state index is -1.02. The third-order valence-electron chi connectivity index (χ3n) is 3.87. The van der Waals surface area contributed by atoms with Gasteiger partial charge in [-0.05, 0) is 30.7 Å². The van der Waals surface area contributed by atoms with E-state index in [0.29, 0.717) is 10.7 Å². The molecule has 2 aromatic carbocycles. The van der Waals surface area contributed by atoms with Gasteiger partial charge in [-0.3, -0.25) is 14.9 Å². The van der Waals surface area contributed by atoms with E-state index >= 15 is 0 Å². The van der Waals surface area contributed by atoms with Crippen molar-refractivity contribution in [3.05, 3.63) is 56.6 Å². The molecule has 9 nitrogen and oxygen atoms in total. The number of aryl methyl sites for hydroxylation is 1. The predicted molar refractivity (Wildman–Crippen MR) is 99.2 cm³/mol. The topological polar surface area (TPSA) is 117 Å². The number of amides is 1. The van der Waals surface area contributed by atoms with E-state index in [9.17, 15) is 19.7 Å². The second kappa shape index (κ2) is 8.13. The molecular weight excluding hydrogens is 392 g/mol. The number of fused-ring (bicyclic) bond motifs is 1. The number of carbonyl (C=O) groups is 2. The molecule has 10 heteroatoms. The maximum atomic E-state index is 12.3. The van der Waals surface area contributed by atoms with Crippen LogP contribution in [0.2, 0.25) is 5.02 Å². The maximum Gasteiger partial charge on any atom is 0.345 e. The van der Waals surface area contributed by atoms with E-state index in [1.54, 1.807) is 25.1 Å². The summed E-state index contributed by atoms with van der Waals surface area (Å²) in [5.41, 5.74) is 0.415. The highest BCUT2D eigenvalue weighted by atomic mass is 35.5. The number of nitrogens with zero attached hydrogens (tertiary/aromatic N) is 1. The van der Waals surface area contributed by atoms with Crippen molar-refractivity contribution in [1.29, 1.82) is 0 Å². The zero-order valence-electron chi connectivity index (χ0n) is 14.7. The van der Waals surface area contributed by atoms with Gasteiger partial charge in [-0.1, -0.05) is 11.6 Å². The number of ether oxygens (including phenoxy) is 3. The Morgan fingerprint density at radius 1 is 1.21 bits per heavy atom. The highest BCUT2D eigenvalue weighted by molar-refractivity contribution is 6.30. The molecule has 0 aromatic heterocycles. The Balaban J connectivity index is 1.70. The number of carbonyl (C=O) groups excluding carboxylic acids is 2. The van der Waals surface area contributed by atoms with Gasteiger partial charge in [-0.25, -0.2) is 4.79 Å². The summed E-state index contributed by atoms with van der Waals surface area (Å²) in [7, 11) is 0. The lowest BCUT2D eigenvalue weighted by Crippen LogP contribution is -2.22. The Hall–Kier alpha value is -3.33. The summed E-state index contributed by atoms with van der Waals surface area (Å²) in [5.74, 6) is -1.25. The smallest absolute Gasteiger partial charge is 0.345 e. The number of rotatable bonds is 5.